The van der Waals surface area contributed by atoms with Crippen LogP contribution in [0.15, 0.2) is 36.0 Å². The monoisotopic (exact) mass is 596 g/mol. The van der Waals surface area contributed by atoms with E-state index in [2.05, 4.69) is 60.2 Å². The Morgan fingerprint density at radius 1 is 1.07 bits per heavy atom. The van der Waals surface area contributed by atoms with E-state index in [1.165, 1.54) is 0 Å². The molecule has 0 aromatic carbocycles. The number of fused-ring (bicyclic) bond motifs is 2. The van der Waals surface area contributed by atoms with Crippen LogP contribution in [0.2, 0.25) is 0 Å². The molecule has 9 nitrogen and oxygen atoms in total. The van der Waals surface area contributed by atoms with Crippen molar-refractivity contribution in [1.82, 2.24) is 20.9 Å². The smallest absolute Gasteiger partial charge is 0.407 e. The second-order valence-corrected chi connectivity index (χ2v) is 15.7. The molecule has 4 rings (SSSR count). The second kappa shape index (κ2) is 12.1. The van der Waals surface area contributed by atoms with Crippen LogP contribution < -0.4 is 16.0 Å². The number of nitrogens with one attached hydrogen (secondary N) is 3. The van der Waals surface area contributed by atoms with Crippen molar-refractivity contribution in [1.29, 1.82) is 0 Å². The van der Waals surface area contributed by atoms with Crippen LogP contribution in [0.3, 0.4) is 0 Å². The summed E-state index contributed by atoms with van der Waals surface area (Å²) < 4.78 is 5.48. The number of likely N-dealkylation sites (tertiary alicyclic amines) is 1. The van der Waals surface area contributed by atoms with Crippen LogP contribution in [0, 0.1) is 34.5 Å². The van der Waals surface area contributed by atoms with Gasteiger partial charge in [-0.3, -0.25) is 9.59 Å². The molecule has 43 heavy (non-hydrogen) atoms. The number of hydrogen-bond donors (Lipinski definition) is 3. The molecule has 6 unspecified atom stereocenters. The lowest BCUT2D eigenvalue weighted by atomic mass is 9.77. The minimum absolute atomic E-state index is 0.00418. The number of carbonyl (C=O) groups is 4. The van der Waals surface area contributed by atoms with Crippen molar-refractivity contribution in [3.8, 4) is 0 Å². The van der Waals surface area contributed by atoms with Gasteiger partial charge in [0.05, 0.1) is 12.1 Å². The van der Waals surface area contributed by atoms with E-state index in [0.29, 0.717) is 13.0 Å². The number of ether oxygens (including phenoxy) is 1. The predicted octanol–water partition coefficient (Wildman–Crippen LogP) is 5.13. The lowest BCUT2D eigenvalue weighted by molar-refractivity contribution is -0.141. The third-order valence-corrected chi connectivity index (χ3v) is 9.63. The SMILES string of the molecule is CC(=O)C1C2[C@H](CN1C(=O)C(NC(=O)NC(COC(=O)NC(C)(C)C)C(C)(C)C)C1CC3=CC(/C=C\C/C=C\3)C1)C2(C)C. The highest BCUT2D eigenvalue weighted by Crippen LogP contribution is 2.65. The number of Topliss-reactive ketones (excluding diaryl/α,β-unsaturated/α-hetero) is 1. The van der Waals surface area contributed by atoms with Crippen LogP contribution in [0.25, 0.3) is 0 Å². The molecule has 0 radical (unpaired) electrons. The van der Waals surface area contributed by atoms with Crippen molar-refractivity contribution in [3.63, 3.8) is 0 Å². The number of alkyl carbamates (subject to hydrolysis) is 1. The van der Waals surface area contributed by atoms with Gasteiger partial charge in [-0.2, -0.15) is 0 Å². The lowest BCUT2D eigenvalue weighted by Gasteiger charge is -2.38. The van der Waals surface area contributed by atoms with Gasteiger partial charge in [0.2, 0.25) is 5.91 Å². The van der Waals surface area contributed by atoms with Gasteiger partial charge >= 0.3 is 12.1 Å². The highest BCUT2D eigenvalue weighted by molar-refractivity contribution is 5.93. The van der Waals surface area contributed by atoms with Gasteiger partial charge < -0.3 is 25.6 Å². The molecule has 1 saturated carbocycles. The fraction of sp³-hybridized carbons (Fsp3) is 0.706. The van der Waals surface area contributed by atoms with Crippen LogP contribution in [0.5, 0.6) is 0 Å². The summed E-state index contributed by atoms with van der Waals surface area (Å²) in [5.74, 6) is 0.265. The molecule has 3 N–H and O–H groups in total. The minimum Gasteiger partial charge on any atom is -0.447 e. The Hall–Kier alpha value is -3.10. The quantitative estimate of drug-likeness (QED) is 0.352. The number of ketones is 1. The number of hydrogen-bond acceptors (Lipinski definition) is 5. The molecule has 4 amide bonds. The second-order valence-electron chi connectivity index (χ2n) is 15.7. The zero-order valence-electron chi connectivity index (χ0n) is 27.5. The van der Waals surface area contributed by atoms with Crippen molar-refractivity contribution in [2.24, 2.45) is 34.5 Å². The standard InChI is InChI=1S/C34H52N4O5/c1-20(39)28-26-24(34(26,8)9)18-38(28)29(40)27(23-16-21-13-11-10-12-14-22(15-21)17-23)36-30(41)35-25(32(2,3)4)19-43-31(42)37-33(5,6)7/h11-15,21,23-28H,10,16-19H2,1-9H3,(H,37,42)(H2,35,36,41)/b13-11-,14-12-/t21?,23?,24-,25?,26?,27?,28?/m0/s1. The Bertz CT molecular complexity index is 1200. The van der Waals surface area contributed by atoms with Crippen LogP contribution >= 0.6 is 0 Å². The van der Waals surface area contributed by atoms with E-state index in [4.69, 9.17) is 4.74 Å². The van der Waals surface area contributed by atoms with Gasteiger partial charge in [0.1, 0.15) is 12.6 Å². The van der Waals surface area contributed by atoms with Crippen LogP contribution in [-0.2, 0) is 14.3 Å². The van der Waals surface area contributed by atoms with Crippen LogP contribution in [0.4, 0.5) is 9.59 Å². The lowest BCUT2D eigenvalue weighted by Crippen LogP contribution is -2.60. The van der Waals surface area contributed by atoms with Gasteiger partial charge in [0.15, 0.2) is 5.78 Å². The molecule has 2 bridgehead atoms. The molecule has 9 heteroatoms. The van der Waals surface area contributed by atoms with Crippen molar-refractivity contribution < 1.29 is 23.9 Å². The Labute approximate surface area is 257 Å². The Morgan fingerprint density at radius 3 is 2.40 bits per heavy atom. The predicted molar refractivity (Wildman–Crippen MR) is 167 cm³/mol. The molecular weight excluding hydrogens is 544 g/mol. The maximum Gasteiger partial charge on any atom is 0.407 e. The number of piperidine rings is 1. The molecular formula is C34H52N4O5. The molecule has 0 aromatic rings. The molecule has 1 heterocycles. The normalized spacial score (nSPS) is 30.3. The molecule has 238 valence electrons. The van der Waals surface area contributed by atoms with E-state index in [1.54, 1.807) is 11.8 Å². The van der Waals surface area contributed by atoms with Crippen LogP contribution in [0.1, 0.15) is 81.6 Å². The number of nitrogens with zero attached hydrogens (tertiary/aromatic N) is 1. The highest BCUT2D eigenvalue weighted by atomic mass is 16.5. The van der Waals surface area contributed by atoms with Gasteiger partial charge in [-0.05, 0) is 81.5 Å². The van der Waals surface area contributed by atoms with Crippen molar-refractivity contribution in [3.05, 3.63) is 36.0 Å². The third kappa shape index (κ3) is 7.71. The first-order valence-corrected chi connectivity index (χ1v) is 15.8. The molecule has 7 atom stereocenters. The fourth-order valence-corrected chi connectivity index (χ4v) is 7.10. The number of urea groups is 1. The van der Waals surface area contributed by atoms with E-state index < -0.39 is 41.2 Å². The number of carbonyl (C=O) groups excluding carboxylic acids is 4. The first kappa shape index (κ1) is 32.8. The zero-order chi connectivity index (χ0) is 31.9. The van der Waals surface area contributed by atoms with Crippen molar-refractivity contribution in [2.45, 2.75) is 105 Å². The molecule has 2 fully saturated rings. The van der Waals surface area contributed by atoms with Gasteiger partial charge in [0, 0.05) is 12.1 Å². The van der Waals surface area contributed by atoms with Crippen molar-refractivity contribution in [2.75, 3.05) is 13.2 Å². The van der Waals surface area contributed by atoms with Crippen molar-refractivity contribution >= 4 is 23.8 Å². The molecule has 0 spiro atoms. The maximum absolute atomic E-state index is 14.4. The maximum atomic E-state index is 14.4. The Morgan fingerprint density at radius 2 is 1.77 bits per heavy atom. The largest absolute Gasteiger partial charge is 0.447 e. The van der Waals surface area contributed by atoms with Gasteiger partial charge in [0.25, 0.3) is 0 Å². The van der Waals surface area contributed by atoms with E-state index in [9.17, 15) is 19.2 Å². The molecule has 0 aromatic heterocycles. The number of allylic oxidation sites excluding steroid dienone is 6. The van der Waals surface area contributed by atoms with E-state index in [-0.39, 0.29) is 47.4 Å². The molecule has 1 saturated heterocycles. The van der Waals surface area contributed by atoms with Gasteiger partial charge in [-0.15, -0.1) is 0 Å². The Kier molecular flexibility index (Phi) is 9.25. The Balaban J connectivity index is 1.54. The summed E-state index contributed by atoms with van der Waals surface area (Å²) in [6, 6.07) is -2.27. The van der Waals surface area contributed by atoms with E-state index >= 15 is 0 Å². The first-order valence-electron chi connectivity index (χ1n) is 15.8. The average molecular weight is 597 g/mol. The molecule has 1 aliphatic heterocycles. The summed E-state index contributed by atoms with van der Waals surface area (Å²) in [6.45, 7) is 17.9. The fourth-order valence-electron chi connectivity index (χ4n) is 7.10. The first-order chi connectivity index (χ1) is 19.9. The summed E-state index contributed by atoms with van der Waals surface area (Å²) in [5, 5.41) is 8.81. The molecule has 4 aliphatic rings. The number of rotatable bonds is 7. The summed E-state index contributed by atoms with van der Waals surface area (Å²) in [4.78, 5) is 55.0. The molecule has 3 aliphatic carbocycles. The number of amides is 4. The van der Waals surface area contributed by atoms with E-state index in [1.807, 2.05) is 41.5 Å². The third-order valence-electron chi connectivity index (χ3n) is 9.63. The summed E-state index contributed by atoms with van der Waals surface area (Å²) in [5.41, 5.74) is 0.306. The van der Waals surface area contributed by atoms with Gasteiger partial charge in [-0.1, -0.05) is 70.6 Å². The summed E-state index contributed by atoms with van der Waals surface area (Å²) in [7, 11) is 0. The van der Waals surface area contributed by atoms with E-state index in [0.717, 1.165) is 18.4 Å². The van der Waals surface area contributed by atoms with Gasteiger partial charge in [-0.25, -0.2) is 9.59 Å². The zero-order valence-corrected chi connectivity index (χ0v) is 27.5. The van der Waals surface area contributed by atoms with Crippen LogP contribution in [-0.4, -0.2) is 65.5 Å². The highest BCUT2D eigenvalue weighted by Gasteiger charge is 2.69. The minimum atomic E-state index is -0.805. The average Bonchev–Trinajstić information content (AvgIpc) is 3.19. The summed E-state index contributed by atoms with van der Waals surface area (Å²) >= 11 is 0. The summed E-state index contributed by atoms with van der Waals surface area (Å²) in [6.07, 6.45) is 12.5. The topological polar surface area (TPSA) is 117 Å².